The lowest BCUT2D eigenvalue weighted by molar-refractivity contribution is -0.113. The van der Waals surface area contributed by atoms with Gasteiger partial charge in [0.05, 0.1) is 29.1 Å². The number of benzene rings is 1. The summed E-state index contributed by atoms with van der Waals surface area (Å²) in [5.74, 6) is -2.20. The van der Waals surface area contributed by atoms with E-state index in [0.29, 0.717) is 27.1 Å². The molecule has 1 N–H and O–H groups in total. The van der Waals surface area contributed by atoms with Gasteiger partial charge < -0.3 is 5.32 Å². The number of rotatable bonds is 6. The molecule has 10 heteroatoms. The zero-order chi connectivity index (χ0) is 22.8. The third kappa shape index (κ3) is 4.56. The highest BCUT2D eigenvalue weighted by Gasteiger charge is 2.18. The largest absolute Gasteiger partial charge is 0.323 e. The number of hydrogen-bond acceptors (Lipinski definition) is 6. The van der Waals surface area contributed by atoms with Crippen molar-refractivity contribution in [1.29, 1.82) is 0 Å². The van der Waals surface area contributed by atoms with E-state index < -0.39 is 17.5 Å². The molecule has 0 fully saturated rings. The van der Waals surface area contributed by atoms with Gasteiger partial charge in [-0.2, -0.15) is 0 Å². The molecule has 1 aromatic carbocycles. The van der Waals surface area contributed by atoms with Crippen LogP contribution >= 0.6 is 23.1 Å². The highest BCUT2D eigenvalue weighted by atomic mass is 32.2. The Kier molecular flexibility index (Phi) is 6.33. The van der Waals surface area contributed by atoms with Crippen LogP contribution in [0.2, 0.25) is 0 Å². The molecule has 32 heavy (non-hydrogen) atoms. The molecular weight excluding hydrogens is 454 g/mol. The van der Waals surface area contributed by atoms with Crippen molar-refractivity contribution >= 4 is 44.9 Å². The second-order valence-electron chi connectivity index (χ2n) is 7.03. The quantitative estimate of drug-likeness (QED) is 0.330. The monoisotopic (exact) mass is 472 g/mol. The summed E-state index contributed by atoms with van der Waals surface area (Å²) in [7, 11) is 0. The fourth-order valence-corrected chi connectivity index (χ4v) is 4.99. The van der Waals surface area contributed by atoms with Crippen molar-refractivity contribution in [3.8, 4) is 0 Å². The van der Waals surface area contributed by atoms with Crippen molar-refractivity contribution in [3.05, 3.63) is 80.7 Å². The Labute approximate surface area is 190 Å². The number of nitrogens with one attached hydrogen (secondary N) is 1. The molecule has 0 bridgehead atoms. The fraction of sp³-hybridized carbons (Fsp3) is 0.182. The van der Waals surface area contributed by atoms with Crippen LogP contribution in [0.1, 0.15) is 16.1 Å². The lowest BCUT2D eigenvalue weighted by Gasteiger charge is -2.12. The first-order valence-corrected chi connectivity index (χ1v) is 11.4. The SMILES string of the molecule is Cc1sc2nc(SCC(=O)Nc3ccc(F)cc3F)n(Cc3ccccn3)c(=O)c2c1C. The van der Waals surface area contributed by atoms with Crippen LogP contribution in [0.5, 0.6) is 0 Å². The van der Waals surface area contributed by atoms with Crippen LogP contribution in [0.3, 0.4) is 0 Å². The van der Waals surface area contributed by atoms with Crippen LogP contribution in [0.25, 0.3) is 10.2 Å². The van der Waals surface area contributed by atoms with Crippen molar-refractivity contribution in [2.75, 3.05) is 11.1 Å². The van der Waals surface area contributed by atoms with Gasteiger partial charge in [0.15, 0.2) is 5.16 Å². The number of thioether (sulfide) groups is 1. The first-order valence-electron chi connectivity index (χ1n) is 9.61. The number of aromatic nitrogens is 3. The summed E-state index contributed by atoms with van der Waals surface area (Å²) in [4.78, 5) is 36.2. The van der Waals surface area contributed by atoms with Crippen molar-refractivity contribution in [1.82, 2.24) is 14.5 Å². The second kappa shape index (κ2) is 9.17. The number of pyridine rings is 1. The number of halogens is 2. The lowest BCUT2D eigenvalue weighted by Crippen LogP contribution is -2.25. The molecule has 0 aliphatic heterocycles. The molecule has 1 amide bonds. The zero-order valence-corrected chi connectivity index (χ0v) is 18.8. The molecule has 0 spiro atoms. The Morgan fingerprint density at radius 2 is 2.03 bits per heavy atom. The Hall–Kier alpha value is -3.11. The molecule has 0 radical (unpaired) electrons. The molecule has 0 saturated carbocycles. The number of amides is 1. The normalized spacial score (nSPS) is 11.1. The van der Waals surface area contributed by atoms with E-state index in [-0.39, 0.29) is 23.5 Å². The number of hydrogen-bond donors (Lipinski definition) is 1. The molecule has 0 atom stereocenters. The van der Waals surface area contributed by atoms with Crippen LogP contribution in [-0.2, 0) is 11.3 Å². The predicted octanol–water partition coefficient (Wildman–Crippen LogP) is 4.53. The molecule has 0 aliphatic carbocycles. The van der Waals surface area contributed by atoms with Gasteiger partial charge in [-0.1, -0.05) is 17.8 Å². The Bertz CT molecular complexity index is 1370. The van der Waals surface area contributed by atoms with Gasteiger partial charge in [-0.3, -0.25) is 19.1 Å². The van der Waals surface area contributed by atoms with E-state index in [0.717, 1.165) is 34.3 Å². The van der Waals surface area contributed by atoms with Gasteiger partial charge in [-0.05, 0) is 43.7 Å². The van der Waals surface area contributed by atoms with Crippen molar-refractivity contribution in [2.45, 2.75) is 25.5 Å². The zero-order valence-electron chi connectivity index (χ0n) is 17.2. The molecule has 0 aliphatic rings. The van der Waals surface area contributed by atoms with Crippen LogP contribution in [0.4, 0.5) is 14.5 Å². The van der Waals surface area contributed by atoms with Gasteiger partial charge in [-0.25, -0.2) is 13.8 Å². The minimum Gasteiger partial charge on any atom is -0.323 e. The summed E-state index contributed by atoms with van der Waals surface area (Å²) in [5.41, 5.74) is 1.25. The van der Waals surface area contributed by atoms with E-state index in [1.165, 1.54) is 15.9 Å². The maximum absolute atomic E-state index is 13.8. The number of thiophene rings is 1. The number of aryl methyl sites for hydroxylation is 2. The van der Waals surface area contributed by atoms with Crippen molar-refractivity contribution in [3.63, 3.8) is 0 Å². The standard InChI is InChI=1S/C22H18F2N4O2S2/c1-12-13(2)32-20-19(12)21(30)28(10-15-5-3-4-8-25-15)22(27-20)31-11-18(29)26-17-7-6-14(23)9-16(17)24/h3-9H,10-11H2,1-2H3,(H,26,29). The molecule has 0 saturated heterocycles. The third-order valence-corrected chi connectivity index (χ3v) is 6.92. The number of carbonyl (C=O) groups is 1. The van der Waals surface area contributed by atoms with Crippen molar-refractivity contribution in [2.24, 2.45) is 0 Å². The molecule has 164 valence electrons. The topological polar surface area (TPSA) is 76.9 Å². The molecular formula is C22H18F2N4O2S2. The van der Waals surface area contributed by atoms with E-state index in [2.05, 4.69) is 15.3 Å². The summed E-state index contributed by atoms with van der Waals surface area (Å²) >= 11 is 2.49. The molecule has 3 heterocycles. The van der Waals surface area contributed by atoms with E-state index >= 15 is 0 Å². The molecule has 0 unspecified atom stereocenters. The van der Waals surface area contributed by atoms with Gasteiger partial charge in [0, 0.05) is 17.1 Å². The van der Waals surface area contributed by atoms with Crippen LogP contribution in [-0.4, -0.2) is 26.2 Å². The van der Waals surface area contributed by atoms with E-state index in [4.69, 9.17) is 0 Å². The fourth-order valence-electron chi connectivity index (χ4n) is 3.12. The maximum Gasteiger partial charge on any atom is 0.263 e. The molecule has 4 rings (SSSR count). The van der Waals surface area contributed by atoms with Crippen LogP contribution < -0.4 is 10.9 Å². The average molecular weight is 473 g/mol. The van der Waals surface area contributed by atoms with Crippen molar-refractivity contribution < 1.29 is 13.6 Å². The number of fused-ring (bicyclic) bond motifs is 1. The van der Waals surface area contributed by atoms with E-state index in [1.807, 2.05) is 19.9 Å². The summed E-state index contributed by atoms with van der Waals surface area (Å²) in [5, 5.41) is 3.34. The first-order chi connectivity index (χ1) is 15.3. The minimum atomic E-state index is -0.862. The summed E-state index contributed by atoms with van der Waals surface area (Å²) in [6.45, 7) is 4.02. The Morgan fingerprint density at radius 1 is 1.22 bits per heavy atom. The minimum absolute atomic E-state index is 0.111. The Morgan fingerprint density at radius 3 is 2.75 bits per heavy atom. The van der Waals surface area contributed by atoms with Gasteiger partial charge in [0.25, 0.3) is 5.56 Å². The Balaban J connectivity index is 1.63. The second-order valence-corrected chi connectivity index (χ2v) is 9.18. The van der Waals surface area contributed by atoms with Crippen LogP contribution in [0.15, 0.2) is 52.5 Å². The smallest absolute Gasteiger partial charge is 0.263 e. The number of anilines is 1. The van der Waals surface area contributed by atoms with Gasteiger partial charge >= 0.3 is 0 Å². The lowest BCUT2D eigenvalue weighted by atomic mass is 10.2. The van der Waals surface area contributed by atoms with Gasteiger partial charge in [-0.15, -0.1) is 11.3 Å². The average Bonchev–Trinajstić information content (AvgIpc) is 3.05. The highest BCUT2D eigenvalue weighted by molar-refractivity contribution is 7.99. The van der Waals surface area contributed by atoms with E-state index in [9.17, 15) is 18.4 Å². The first kappa shape index (κ1) is 22.1. The number of carbonyl (C=O) groups excluding carboxylic acids is 1. The molecule has 4 aromatic rings. The maximum atomic E-state index is 13.8. The summed E-state index contributed by atoms with van der Waals surface area (Å²) < 4.78 is 28.4. The third-order valence-electron chi connectivity index (χ3n) is 4.84. The molecule has 6 nitrogen and oxygen atoms in total. The molecule has 3 aromatic heterocycles. The summed E-state index contributed by atoms with van der Waals surface area (Å²) in [6.07, 6.45) is 1.64. The number of nitrogens with zero attached hydrogens (tertiary/aromatic N) is 3. The van der Waals surface area contributed by atoms with Gasteiger partial charge in [0.1, 0.15) is 16.5 Å². The summed E-state index contributed by atoms with van der Waals surface area (Å²) in [6, 6.07) is 8.34. The predicted molar refractivity (Wildman–Crippen MR) is 122 cm³/mol. The van der Waals surface area contributed by atoms with E-state index in [1.54, 1.807) is 18.3 Å². The van der Waals surface area contributed by atoms with Gasteiger partial charge in [0.2, 0.25) is 5.91 Å². The van der Waals surface area contributed by atoms with Crippen LogP contribution in [0, 0.1) is 25.5 Å². The highest BCUT2D eigenvalue weighted by Crippen LogP contribution is 2.28.